The van der Waals surface area contributed by atoms with E-state index in [1.165, 1.54) is 5.56 Å². The highest BCUT2D eigenvalue weighted by Crippen LogP contribution is 2.24. The zero-order chi connectivity index (χ0) is 15.5. The fraction of sp³-hybridized carbons (Fsp3) is 0.250. The Balaban J connectivity index is 1.85. The predicted molar refractivity (Wildman–Crippen MR) is 88.9 cm³/mol. The van der Waals surface area contributed by atoms with Crippen molar-refractivity contribution in [2.24, 2.45) is 0 Å². The van der Waals surface area contributed by atoms with Crippen molar-refractivity contribution in [1.82, 2.24) is 19.9 Å². The summed E-state index contributed by atoms with van der Waals surface area (Å²) in [7, 11) is 0. The Hall–Kier alpha value is -2.60. The average Bonchev–Trinajstić information content (AvgIpc) is 2.90. The van der Waals surface area contributed by atoms with Crippen LogP contribution in [0.25, 0.3) is 11.0 Å². The van der Waals surface area contributed by atoms with Crippen LogP contribution in [0.2, 0.25) is 0 Å². The van der Waals surface area contributed by atoms with Gasteiger partial charge in [-0.05, 0) is 17.7 Å². The molecule has 0 unspecified atom stereocenters. The highest BCUT2D eigenvalue weighted by molar-refractivity contribution is 5.90. The largest absolute Gasteiger partial charge is 0.383 e. The number of fused-ring (bicyclic) bond motifs is 1. The summed E-state index contributed by atoms with van der Waals surface area (Å²) in [4.78, 5) is 13.7. The van der Waals surface area contributed by atoms with E-state index in [2.05, 4.69) is 51.0 Å². The van der Waals surface area contributed by atoms with Crippen LogP contribution in [0.1, 0.15) is 18.1 Å². The van der Waals surface area contributed by atoms with E-state index in [1.807, 2.05) is 12.3 Å². The highest BCUT2D eigenvalue weighted by atomic mass is 15.1. The molecule has 0 atom stereocenters. The van der Waals surface area contributed by atoms with Gasteiger partial charge in [0.25, 0.3) is 0 Å². The molecule has 3 rings (SSSR count). The Labute approximate surface area is 129 Å². The van der Waals surface area contributed by atoms with Crippen molar-refractivity contribution in [1.29, 1.82) is 0 Å². The lowest BCUT2D eigenvalue weighted by Crippen LogP contribution is -2.22. The van der Waals surface area contributed by atoms with Gasteiger partial charge in [0, 0.05) is 19.3 Å². The molecule has 6 nitrogen and oxygen atoms in total. The fourth-order valence-electron chi connectivity index (χ4n) is 2.63. The van der Waals surface area contributed by atoms with Crippen molar-refractivity contribution in [2.75, 3.05) is 18.0 Å². The fourth-order valence-corrected chi connectivity index (χ4v) is 2.63. The van der Waals surface area contributed by atoms with Gasteiger partial charge in [-0.3, -0.25) is 4.90 Å². The summed E-state index contributed by atoms with van der Waals surface area (Å²) < 4.78 is 0. The van der Waals surface area contributed by atoms with Crippen LogP contribution < -0.4 is 11.5 Å². The molecule has 2 heterocycles. The molecule has 0 fully saturated rings. The lowest BCUT2D eigenvalue weighted by Gasteiger charge is -2.20. The second kappa shape index (κ2) is 6.03. The van der Waals surface area contributed by atoms with Gasteiger partial charge in [-0.25, -0.2) is 0 Å². The maximum Gasteiger partial charge on any atom is 0.223 e. The molecule has 5 N–H and O–H groups in total. The van der Waals surface area contributed by atoms with Gasteiger partial charge in [-0.2, -0.15) is 9.97 Å². The molecule has 6 heteroatoms. The van der Waals surface area contributed by atoms with Crippen molar-refractivity contribution >= 4 is 22.8 Å². The summed E-state index contributed by atoms with van der Waals surface area (Å²) in [5.41, 5.74) is 14.7. The van der Waals surface area contributed by atoms with Gasteiger partial charge in [0.2, 0.25) is 5.95 Å². The van der Waals surface area contributed by atoms with Gasteiger partial charge in [-0.15, -0.1) is 0 Å². The van der Waals surface area contributed by atoms with Crippen molar-refractivity contribution < 1.29 is 0 Å². The van der Waals surface area contributed by atoms with E-state index >= 15 is 0 Å². The predicted octanol–water partition coefficient (Wildman–Crippen LogP) is 2.14. The Morgan fingerprint density at radius 3 is 2.59 bits per heavy atom. The SMILES string of the molecule is CCN(Cc1ccccc1)Cc1c[nH]c2nc(N)nc(N)c12. The molecule has 114 valence electrons. The third-order valence-corrected chi connectivity index (χ3v) is 3.75. The topological polar surface area (TPSA) is 96.8 Å². The summed E-state index contributed by atoms with van der Waals surface area (Å²) in [5.74, 6) is 0.615. The molecule has 0 saturated carbocycles. The van der Waals surface area contributed by atoms with E-state index in [0.717, 1.165) is 30.6 Å². The lowest BCUT2D eigenvalue weighted by atomic mass is 10.1. The molecule has 0 aliphatic rings. The van der Waals surface area contributed by atoms with E-state index in [4.69, 9.17) is 11.5 Å². The van der Waals surface area contributed by atoms with Gasteiger partial charge in [-0.1, -0.05) is 37.3 Å². The Kier molecular flexibility index (Phi) is 3.93. The molecule has 3 aromatic rings. The number of nitrogens with one attached hydrogen (secondary N) is 1. The van der Waals surface area contributed by atoms with E-state index in [-0.39, 0.29) is 5.95 Å². The van der Waals surface area contributed by atoms with Crippen LogP contribution in [0.4, 0.5) is 11.8 Å². The molecule has 2 aromatic heterocycles. The molecule has 0 bridgehead atoms. The quantitative estimate of drug-likeness (QED) is 0.670. The first-order valence-electron chi connectivity index (χ1n) is 7.32. The van der Waals surface area contributed by atoms with E-state index < -0.39 is 0 Å². The zero-order valence-corrected chi connectivity index (χ0v) is 12.6. The normalized spacial score (nSPS) is 11.4. The zero-order valence-electron chi connectivity index (χ0n) is 12.6. The number of nitrogens with zero attached hydrogens (tertiary/aromatic N) is 3. The summed E-state index contributed by atoms with van der Waals surface area (Å²) in [6.07, 6.45) is 1.93. The summed E-state index contributed by atoms with van der Waals surface area (Å²) in [6.45, 7) is 4.76. The van der Waals surface area contributed by atoms with Crippen molar-refractivity contribution in [2.45, 2.75) is 20.0 Å². The maximum atomic E-state index is 6.00. The number of nitrogens with two attached hydrogens (primary N) is 2. The second-order valence-electron chi connectivity index (χ2n) is 5.29. The number of hydrogen-bond donors (Lipinski definition) is 3. The molecule has 0 radical (unpaired) electrons. The number of benzene rings is 1. The van der Waals surface area contributed by atoms with Crippen LogP contribution in [0.3, 0.4) is 0 Å². The highest BCUT2D eigenvalue weighted by Gasteiger charge is 2.13. The Bertz CT molecular complexity index is 765. The molecule has 0 saturated heterocycles. The van der Waals surface area contributed by atoms with Gasteiger partial charge in [0.1, 0.15) is 11.5 Å². The molecule has 0 spiro atoms. The lowest BCUT2D eigenvalue weighted by molar-refractivity contribution is 0.272. The van der Waals surface area contributed by atoms with Gasteiger partial charge < -0.3 is 16.5 Å². The van der Waals surface area contributed by atoms with E-state index in [1.54, 1.807) is 0 Å². The maximum absolute atomic E-state index is 6.00. The van der Waals surface area contributed by atoms with Crippen molar-refractivity contribution in [3.8, 4) is 0 Å². The minimum atomic E-state index is 0.190. The molecule has 1 aromatic carbocycles. The summed E-state index contributed by atoms with van der Waals surface area (Å²) in [5, 5.41) is 0.862. The van der Waals surface area contributed by atoms with E-state index in [9.17, 15) is 0 Å². The minimum absolute atomic E-state index is 0.190. The van der Waals surface area contributed by atoms with Gasteiger partial charge >= 0.3 is 0 Å². The molecule has 0 amide bonds. The van der Waals surface area contributed by atoms with Gasteiger partial charge in [0.05, 0.1) is 5.39 Å². The number of aromatic amines is 1. The molecule has 0 aliphatic heterocycles. The molecule has 0 aliphatic carbocycles. The monoisotopic (exact) mass is 296 g/mol. The number of nitrogen functional groups attached to an aromatic ring is 2. The number of anilines is 2. The van der Waals surface area contributed by atoms with Crippen LogP contribution >= 0.6 is 0 Å². The van der Waals surface area contributed by atoms with Crippen LogP contribution in [0.15, 0.2) is 36.5 Å². The third-order valence-electron chi connectivity index (χ3n) is 3.75. The van der Waals surface area contributed by atoms with Crippen LogP contribution in [0.5, 0.6) is 0 Å². The van der Waals surface area contributed by atoms with Gasteiger partial charge in [0.15, 0.2) is 0 Å². The van der Waals surface area contributed by atoms with Crippen molar-refractivity contribution in [3.05, 3.63) is 47.7 Å². The first-order valence-corrected chi connectivity index (χ1v) is 7.32. The first kappa shape index (κ1) is 14.3. The standard InChI is InChI=1S/C16H20N6/c1-2-22(9-11-6-4-3-5-7-11)10-12-8-19-15-13(12)14(17)20-16(18)21-15/h3-8H,2,9-10H2,1H3,(H5,17,18,19,20,21). The smallest absolute Gasteiger partial charge is 0.223 e. The average molecular weight is 296 g/mol. The van der Waals surface area contributed by atoms with Crippen molar-refractivity contribution in [3.63, 3.8) is 0 Å². The Morgan fingerprint density at radius 2 is 1.86 bits per heavy atom. The minimum Gasteiger partial charge on any atom is -0.383 e. The number of hydrogen-bond acceptors (Lipinski definition) is 5. The second-order valence-corrected chi connectivity index (χ2v) is 5.29. The number of aromatic nitrogens is 3. The number of rotatable bonds is 5. The molecular weight excluding hydrogens is 276 g/mol. The molecular formula is C16H20N6. The molecule has 22 heavy (non-hydrogen) atoms. The van der Waals surface area contributed by atoms with Crippen LogP contribution in [-0.4, -0.2) is 26.4 Å². The number of H-pyrrole nitrogens is 1. The van der Waals surface area contributed by atoms with Crippen LogP contribution in [-0.2, 0) is 13.1 Å². The van der Waals surface area contributed by atoms with Crippen LogP contribution in [0, 0.1) is 0 Å². The first-order chi connectivity index (χ1) is 10.7. The summed E-state index contributed by atoms with van der Waals surface area (Å²) in [6, 6.07) is 10.4. The Morgan fingerprint density at radius 1 is 1.09 bits per heavy atom. The van der Waals surface area contributed by atoms with E-state index in [0.29, 0.717) is 11.5 Å². The third kappa shape index (κ3) is 2.87. The summed E-state index contributed by atoms with van der Waals surface area (Å²) >= 11 is 0.